The molecule has 1 aromatic rings. The normalized spacial score (nSPS) is 13.3. The maximum atomic E-state index is 12.6. The first kappa shape index (κ1) is 17.3. The summed E-state index contributed by atoms with van der Waals surface area (Å²) in [6.45, 7) is -0.342. The molecular weight excluding hydrogens is 285 g/mol. The lowest BCUT2D eigenvalue weighted by molar-refractivity contribution is -0.157. The number of hydrogen-bond acceptors (Lipinski definition) is 3. The number of hydrogen-bond donors (Lipinski definition) is 1. The molecule has 0 saturated heterocycles. The number of alkyl halides is 3. The zero-order valence-electron chi connectivity index (χ0n) is 12.2. The number of anilines is 1. The Balaban J connectivity index is 2.93. The van der Waals surface area contributed by atoms with E-state index in [4.69, 9.17) is 5.11 Å². The van der Waals surface area contributed by atoms with Crippen molar-refractivity contribution < 1.29 is 23.1 Å². The van der Waals surface area contributed by atoms with Crippen LogP contribution in [0.15, 0.2) is 24.3 Å². The molecule has 1 rings (SSSR count). The Morgan fingerprint density at radius 1 is 1.24 bits per heavy atom. The fourth-order valence-corrected chi connectivity index (χ4v) is 2.00. The summed E-state index contributed by atoms with van der Waals surface area (Å²) in [5.41, 5.74) is 1.57. The van der Waals surface area contributed by atoms with Gasteiger partial charge in [0, 0.05) is 25.8 Å². The molecule has 0 aromatic heterocycles. The van der Waals surface area contributed by atoms with Gasteiger partial charge in [0.05, 0.1) is 13.1 Å². The van der Waals surface area contributed by atoms with Crippen molar-refractivity contribution in [1.29, 1.82) is 0 Å². The summed E-state index contributed by atoms with van der Waals surface area (Å²) in [5, 5.41) is 8.78. The molecule has 0 radical (unpaired) electrons. The standard InChI is InChI=1S/C14H19F3N2O2/c1-10(11-4-6-12(7-5-11)18(2)3)19(8-13(20)21)9-14(15,16)17/h4-7,10H,8-9H2,1-3H3,(H,20,21). The van der Waals surface area contributed by atoms with Crippen LogP contribution in [-0.4, -0.2) is 49.3 Å². The summed E-state index contributed by atoms with van der Waals surface area (Å²) in [6.07, 6.45) is -4.44. The molecule has 0 heterocycles. The maximum absolute atomic E-state index is 12.6. The van der Waals surface area contributed by atoms with E-state index in [9.17, 15) is 18.0 Å². The highest BCUT2D eigenvalue weighted by molar-refractivity contribution is 5.69. The van der Waals surface area contributed by atoms with Crippen molar-refractivity contribution in [3.05, 3.63) is 29.8 Å². The Morgan fingerprint density at radius 3 is 2.14 bits per heavy atom. The van der Waals surface area contributed by atoms with E-state index in [1.165, 1.54) is 0 Å². The van der Waals surface area contributed by atoms with Crippen LogP contribution in [0.25, 0.3) is 0 Å². The van der Waals surface area contributed by atoms with Crippen LogP contribution in [-0.2, 0) is 4.79 Å². The molecule has 0 aliphatic rings. The fraction of sp³-hybridized carbons (Fsp3) is 0.500. The van der Waals surface area contributed by atoms with Gasteiger partial charge in [-0.15, -0.1) is 0 Å². The first-order valence-corrected chi connectivity index (χ1v) is 6.40. The Kier molecular flexibility index (Phi) is 5.60. The third-order valence-corrected chi connectivity index (χ3v) is 3.16. The molecule has 0 aliphatic heterocycles. The van der Waals surface area contributed by atoms with Gasteiger partial charge in [0.2, 0.25) is 0 Å². The van der Waals surface area contributed by atoms with Crippen molar-refractivity contribution in [3.8, 4) is 0 Å². The van der Waals surface area contributed by atoms with Crippen molar-refractivity contribution >= 4 is 11.7 Å². The smallest absolute Gasteiger partial charge is 0.401 e. The van der Waals surface area contributed by atoms with Crippen LogP contribution in [0.5, 0.6) is 0 Å². The second-order valence-electron chi connectivity index (χ2n) is 5.08. The van der Waals surface area contributed by atoms with Crippen molar-refractivity contribution in [2.45, 2.75) is 19.1 Å². The Hall–Kier alpha value is -1.76. The van der Waals surface area contributed by atoms with Gasteiger partial charge in [-0.1, -0.05) is 12.1 Å². The van der Waals surface area contributed by atoms with Gasteiger partial charge < -0.3 is 10.0 Å². The van der Waals surface area contributed by atoms with Gasteiger partial charge in [0.25, 0.3) is 0 Å². The molecule has 0 aliphatic carbocycles. The molecule has 1 aromatic carbocycles. The Bertz CT molecular complexity index is 472. The molecule has 7 heteroatoms. The van der Waals surface area contributed by atoms with E-state index in [0.29, 0.717) is 5.56 Å². The van der Waals surface area contributed by atoms with Gasteiger partial charge in [-0.25, -0.2) is 0 Å². The lowest BCUT2D eigenvalue weighted by Gasteiger charge is -2.29. The van der Waals surface area contributed by atoms with E-state index in [-0.39, 0.29) is 0 Å². The zero-order chi connectivity index (χ0) is 16.2. The number of halogens is 3. The van der Waals surface area contributed by atoms with Gasteiger partial charge in [-0.2, -0.15) is 13.2 Å². The van der Waals surface area contributed by atoms with E-state index in [1.54, 1.807) is 31.2 Å². The summed E-state index contributed by atoms with van der Waals surface area (Å²) >= 11 is 0. The Labute approximate surface area is 121 Å². The zero-order valence-corrected chi connectivity index (χ0v) is 12.2. The van der Waals surface area contributed by atoms with Gasteiger partial charge in [-0.3, -0.25) is 9.69 Å². The second kappa shape index (κ2) is 6.80. The minimum atomic E-state index is -4.44. The van der Waals surface area contributed by atoms with E-state index in [0.717, 1.165) is 10.6 Å². The number of carboxylic acids is 1. The molecular formula is C14H19F3N2O2. The highest BCUT2D eigenvalue weighted by atomic mass is 19.4. The van der Waals surface area contributed by atoms with Crippen LogP contribution in [0, 0.1) is 0 Å². The van der Waals surface area contributed by atoms with E-state index < -0.39 is 31.3 Å². The van der Waals surface area contributed by atoms with E-state index in [2.05, 4.69) is 0 Å². The number of rotatable bonds is 6. The SMILES string of the molecule is CC(c1ccc(N(C)C)cc1)N(CC(=O)O)CC(F)(F)F. The molecule has 1 atom stereocenters. The Morgan fingerprint density at radius 2 is 1.76 bits per heavy atom. The molecule has 1 N–H and O–H groups in total. The van der Waals surface area contributed by atoms with Crippen molar-refractivity contribution in [2.24, 2.45) is 0 Å². The predicted octanol–water partition coefficient (Wildman–Crippen LogP) is 2.76. The molecule has 4 nitrogen and oxygen atoms in total. The van der Waals surface area contributed by atoms with Crippen LogP contribution in [0.3, 0.4) is 0 Å². The minimum absolute atomic E-state index is 0.640. The summed E-state index contributed by atoms with van der Waals surface area (Å²) in [4.78, 5) is 13.5. The molecule has 0 bridgehead atoms. The fourth-order valence-electron chi connectivity index (χ4n) is 2.00. The third kappa shape index (κ3) is 5.63. The summed E-state index contributed by atoms with van der Waals surface area (Å²) in [7, 11) is 3.72. The van der Waals surface area contributed by atoms with E-state index >= 15 is 0 Å². The molecule has 0 saturated carbocycles. The first-order chi connectivity index (χ1) is 9.60. The number of benzene rings is 1. The quantitative estimate of drug-likeness (QED) is 0.877. The average Bonchev–Trinajstić information content (AvgIpc) is 2.35. The van der Waals surface area contributed by atoms with Crippen LogP contribution in [0.2, 0.25) is 0 Å². The second-order valence-corrected chi connectivity index (χ2v) is 5.08. The topological polar surface area (TPSA) is 43.8 Å². The number of nitrogens with zero attached hydrogens (tertiary/aromatic N) is 2. The molecule has 1 unspecified atom stereocenters. The van der Waals surface area contributed by atoms with Gasteiger partial charge in [0.1, 0.15) is 0 Å². The van der Waals surface area contributed by atoms with Crippen molar-refractivity contribution in [2.75, 3.05) is 32.1 Å². The third-order valence-electron chi connectivity index (χ3n) is 3.16. The molecule has 0 fully saturated rings. The first-order valence-electron chi connectivity index (χ1n) is 6.40. The van der Waals surface area contributed by atoms with Crippen molar-refractivity contribution in [1.82, 2.24) is 4.90 Å². The summed E-state index contributed by atoms with van der Waals surface area (Å²) in [5.74, 6) is -1.28. The lowest BCUT2D eigenvalue weighted by Crippen LogP contribution is -2.39. The summed E-state index contributed by atoms with van der Waals surface area (Å²) in [6, 6.07) is 6.37. The van der Waals surface area contributed by atoms with Crippen LogP contribution in [0.4, 0.5) is 18.9 Å². The number of aliphatic carboxylic acids is 1. The maximum Gasteiger partial charge on any atom is 0.401 e. The van der Waals surface area contributed by atoms with Crippen molar-refractivity contribution in [3.63, 3.8) is 0 Å². The van der Waals surface area contributed by atoms with Gasteiger partial charge >= 0.3 is 12.1 Å². The van der Waals surface area contributed by atoms with Crippen LogP contribution < -0.4 is 4.90 Å². The highest BCUT2D eigenvalue weighted by Gasteiger charge is 2.34. The minimum Gasteiger partial charge on any atom is -0.480 e. The molecule has 118 valence electrons. The monoisotopic (exact) mass is 304 g/mol. The van der Waals surface area contributed by atoms with Crippen LogP contribution >= 0.6 is 0 Å². The largest absolute Gasteiger partial charge is 0.480 e. The molecule has 21 heavy (non-hydrogen) atoms. The molecule has 0 amide bonds. The van der Waals surface area contributed by atoms with E-state index in [1.807, 2.05) is 19.0 Å². The van der Waals surface area contributed by atoms with Crippen LogP contribution in [0.1, 0.15) is 18.5 Å². The predicted molar refractivity (Wildman–Crippen MR) is 74.4 cm³/mol. The average molecular weight is 304 g/mol. The number of carboxylic acid groups (broad SMARTS) is 1. The summed E-state index contributed by atoms with van der Waals surface area (Å²) < 4.78 is 37.7. The molecule has 0 spiro atoms. The van der Waals surface area contributed by atoms with Gasteiger partial charge in [-0.05, 0) is 24.6 Å². The number of carbonyl (C=O) groups is 1. The van der Waals surface area contributed by atoms with Gasteiger partial charge in [0.15, 0.2) is 0 Å². The lowest BCUT2D eigenvalue weighted by atomic mass is 10.1. The highest BCUT2D eigenvalue weighted by Crippen LogP contribution is 2.26.